The zero-order valence-electron chi connectivity index (χ0n) is 12.5. The molecule has 0 bridgehead atoms. The van der Waals surface area contributed by atoms with Gasteiger partial charge in [-0.05, 0) is 32.1 Å². The monoisotopic (exact) mass is 256 g/mol. The van der Waals surface area contributed by atoms with Gasteiger partial charge >= 0.3 is 0 Å². The summed E-state index contributed by atoms with van der Waals surface area (Å²) in [7, 11) is -1.21. The van der Waals surface area contributed by atoms with Gasteiger partial charge in [0.25, 0.3) is 0 Å². The second-order valence-corrected chi connectivity index (χ2v) is 7.15. The largest absolute Gasteiger partial charge is 0.322 e. The first-order chi connectivity index (χ1) is 8.12. The van der Waals surface area contributed by atoms with Crippen molar-refractivity contribution in [3.8, 4) is 0 Å². The molecule has 0 aromatic heterocycles. The number of allylic oxidation sites excluding steroid dienone is 1. The third kappa shape index (κ3) is 6.39. The summed E-state index contributed by atoms with van der Waals surface area (Å²) >= 11 is 0. The lowest BCUT2D eigenvalue weighted by molar-refractivity contribution is 0.538. The van der Waals surface area contributed by atoms with Crippen molar-refractivity contribution in [2.75, 3.05) is 0 Å². The highest BCUT2D eigenvalue weighted by Crippen LogP contribution is 2.06. The molecule has 0 saturated carbocycles. The molecule has 0 aliphatic carbocycles. The lowest BCUT2D eigenvalue weighted by atomic mass is 10.2. The van der Waals surface area contributed by atoms with E-state index in [-0.39, 0.29) is 0 Å². The normalized spacial score (nSPS) is 11.8. The molecular weight excluding hydrogens is 224 g/mol. The minimum absolute atomic E-state index is 0.650. The van der Waals surface area contributed by atoms with Crippen molar-refractivity contribution in [1.82, 2.24) is 9.96 Å². The topological polar surface area (TPSA) is 24.1 Å². The molecule has 0 unspecified atom stereocenters. The first kappa shape index (κ1) is 16.9. The van der Waals surface area contributed by atoms with Crippen molar-refractivity contribution in [3.63, 3.8) is 0 Å². The average molecular weight is 257 g/mol. The molecule has 0 saturated heterocycles. The molecule has 0 aromatic rings. The average Bonchev–Trinajstić information content (AvgIpc) is 2.38. The fourth-order valence-electron chi connectivity index (χ4n) is 2.01. The van der Waals surface area contributed by atoms with E-state index in [4.69, 9.17) is 0 Å². The van der Waals surface area contributed by atoms with Crippen LogP contribution in [0.5, 0.6) is 0 Å². The first-order valence-electron chi connectivity index (χ1n) is 7.32. The molecule has 0 aromatic carbocycles. The van der Waals surface area contributed by atoms with E-state index < -0.39 is 9.12 Å². The lowest BCUT2D eigenvalue weighted by Gasteiger charge is -2.28. The van der Waals surface area contributed by atoms with Gasteiger partial charge in [0, 0.05) is 12.1 Å². The Bertz CT molecular complexity index is 184. The molecule has 2 N–H and O–H groups in total. The van der Waals surface area contributed by atoms with Crippen LogP contribution in [0.25, 0.3) is 0 Å². The van der Waals surface area contributed by atoms with Crippen LogP contribution < -0.4 is 9.96 Å². The number of rotatable bonds is 10. The van der Waals surface area contributed by atoms with E-state index in [1.54, 1.807) is 0 Å². The number of nitrogens with one attached hydrogen (secondary N) is 2. The predicted molar refractivity (Wildman–Crippen MR) is 81.6 cm³/mol. The van der Waals surface area contributed by atoms with E-state index in [1.165, 1.54) is 30.9 Å². The molecule has 0 amide bonds. The Morgan fingerprint density at radius 3 is 1.47 bits per heavy atom. The van der Waals surface area contributed by atoms with Gasteiger partial charge in [0.15, 0.2) is 0 Å². The second kappa shape index (κ2) is 9.86. The maximum absolute atomic E-state index is 4.25. The highest BCUT2D eigenvalue weighted by atomic mass is 28.3. The van der Waals surface area contributed by atoms with Crippen molar-refractivity contribution in [2.24, 2.45) is 0 Å². The Labute approximate surface area is 110 Å². The first-order valence-corrected chi connectivity index (χ1v) is 9.05. The minimum Gasteiger partial charge on any atom is -0.322 e. The van der Waals surface area contributed by atoms with Crippen molar-refractivity contribution in [3.05, 3.63) is 11.8 Å². The van der Waals surface area contributed by atoms with Gasteiger partial charge < -0.3 is 9.96 Å². The highest BCUT2D eigenvalue weighted by Gasteiger charge is 2.19. The second-order valence-electron chi connectivity index (χ2n) is 4.80. The molecule has 0 spiro atoms. The smallest absolute Gasteiger partial charge is 0.213 e. The molecule has 102 valence electrons. The van der Waals surface area contributed by atoms with Crippen LogP contribution in [-0.2, 0) is 0 Å². The van der Waals surface area contributed by atoms with Crippen molar-refractivity contribution >= 4 is 9.12 Å². The van der Waals surface area contributed by atoms with Gasteiger partial charge in [-0.1, -0.05) is 39.8 Å². The summed E-state index contributed by atoms with van der Waals surface area (Å²) in [6, 6.07) is 1.30. The van der Waals surface area contributed by atoms with E-state index >= 15 is 0 Å². The third-order valence-corrected chi connectivity index (χ3v) is 6.47. The van der Waals surface area contributed by atoms with E-state index in [9.17, 15) is 0 Å². The van der Waals surface area contributed by atoms with Gasteiger partial charge in [-0.15, -0.1) is 6.58 Å². The number of hydrogen-bond donors (Lipinski definition) is 2. The van der Waals surface area contributed by atoms with Crippen LogP contribution in [0.1, 0.15) is 66.7 Å². The van der Waals surface area contributed by atoms with Crippen molar-refractivity contribution < 1.29 is 0 Å². The predicted octanol–water partition coefficient (Wildman–Crippen LogP) is 3.27. The molecular formula is C14H32N2Si. The quantitative estimate of drug-likeness (QED) is 0.586. The van der Waals surface area contributed by atoms with Gasteiger partial charge in [-0.3, -0.25) is 0 Å². The summed E-state index contributed by atoms with van der Waals surface area (Å²) in [5, 5.41) is 1.41. The molecule has 0 radical (unpaired) electrons. The molecule has 0 aliphatic heterocycles. The summed E-state index contributed by atoms with van der Waals surface area (Å²) in [5.41, 5.74) is 0. The Morgan fingerprint density at radius 2 is 1.24 bits per heavy atom. The summed E-state index contributed by atoms with van der Waals surface area (Å²) in [6.07, 6.45) is 5.93. The Balaban J connectivity index is 4.47. The Kier molecular flexibility index (Phi) is 9.79. The van der Waals surface area contributed by atoms with Crippen molar-refractivity contribution in [2.45, 2.75) is 78.8 Å². The zero-order chi connectivity index (χ0) is 13.3. The molecule has 2 nitrogen and oxygen atoms in total. The van der Waals surface area contributed by atoms with Crippen molar-refractivity contribution in [1.29, 1.82) is 0 Å². The number of hydrogen-bond acceptors (Lipinski definition) is 2. The fourth-order valence-corrected chi connectivity index (χ4v) is 4.87. The highest BCUT2D eigenvalue weighted by molar-refractivity contribution is 6.61. The van der Waals surface area contributed by atoms with E-state index in [1.807, 2.05) is 0 Å². The van der Waals surface area contributed by atoms with Gasteiger partial charge in [0.1, 0.15) is 0 Å². The van der Waals surface area contributed by atoms with Gasteiger partial charge in [0.05, 0.1) is 0 Å². The van der Waals surface area contributed by atoms with E-state index in [2.05, 4.69) is 51.2 Å². The summed E-state index contributed by atoms with van der Waals surface area (Å²) in [5.74, 6) is 0. The van der Waals surface area contributed by atoms with Crippen LogP contribution >= 0.6 is 0 Å². The summed E-state index contributed by atoms with van der Waals surface area (Å²) in [4.78, 5) is 7.66. The molecule has 0 atom stereocenters. The fraction of sp³-hybridized carbons (Fsp3) is 0.857. The molecule has 17 heavy (non-hydrogen) atoms. The maximum Gasteiger partial charge on any atom is 0.213 e. The zero-order valence-corrected chi connectivity index (χ0v) is 13.6. The SMILES string of the molecule is C=C(CC)[SiH](NC(CC)CC)NC(CC)CC. The maximum atomic E-state index is 4.25. The van der Waals surface area contributed by atoms with E-state index in [0.29, 0.717) is 12.1 Å². The molecule has 0 heterocycles. The molecule has 0 fully saturated rings. The molecule has 0 rings (SSSR count). The summed E-state index contributed by atoms with van der Waals surface area (Å²) in [6.45, 7) is 15.5. The molecule has 3 heteroatoms. The van der Waals surface area contributed by atoms with Crippen LogP contribution in [0.3, 0.4) is 0 Å². The van der Waals surface area contributed by atoms with Crippen LogP contribution in [0.4, 0.5) is 0 Å². The minimum atomic E-state index is -1.21. The van der Waals surface area contributed by atoms with Gasteiger partial charge in [-0.2, -0.15) is 0 Å². The van der Waals surface area contributed by atoms with Gasteiger partial charge in [0.2, 0.25) is 9.12 Å². The van der Waals surface area contributed by atoms with Crippen LogP contribution in [0.2, 0.25) is 0 Å². The van der Waals surface area contributed by atoms with Gasteiger partial charge in [-0.25, -0.2) is 0 Å². The third-order valence-electron chi connectivity index (χ3n) is 3.64. The summed E-state index contributed by atoms with van der Waals surface area (Å²) < 4.78 is 0. The van der Waals surface area contributed by atoms with E-state index in [0.717, 1.165) is 6.42 Å². The van der Waals surface area contributed by atoms with Crippen LogP contribution in [-0.4, -0.2) is 21.2 Å². The standard InChI is InChI=1S/C14H32N2Si/c1-7-12(6)17(15-13(8-2)9-3)16-14(10-4)11-5/h13-17H,6-11H2,1-5H3. The lowest BCUT2D eigenvalue weighted by Crippen LogP contribution is -2.56. The Morgan fingerprint density at radius 1 is 0.882 bits per heavy atom. The Hall–Kier alpha value is -0.123. The van der Waals surface area contributed by atoms with Crippen LogP contribution in [0.15, 0.2) is 11.8 Å². The van der Waals surface area contributed by atoms with Crippen LogP contribution in [0, 0.1) is 0 Å². The molecule has 0 aliphatic rings.